The van der Waals surface area contributed by atoms with Crippen LogP contribution in [0.15, 0.2) is 12.1 Å². The highest BCUT2D eigenvalue weighted by atomic mass is 35.5. The summed E-state index contributed by atoms with van der Waals surface area (Å²) in [5.41, 5.74) is 1.30. The van der Waals surface area contributed by atoms with E-state index in [4.69, 9.17) is 23.2 Å². The van der Waals surface area contributed by atoms with Crippen LogP contribution in [0.1, 0.15) is 12.0 Å². The number of aryl methyl sites for hydroxylation is 1. The number of anilines is 1. The lowest BCUT2D eigenvalue weighted by Gasteiger charge is -2.20. The SMILES string of the molecule is COC(=O)C1CC(=O)N(c2c(Cl)ccc(C)c2Cl)C1. The third kappa shape index (κ3) is 2.55. The molecule has 1 aromatic carbocycles. The standard InChI is InChI=1S/C13H13Cl2NO3/c1-7-3-4-9(14)12(11(7)15)16-6-8(5-10(16)17)13(18)19-2/h3-4,8H,5-6H2,1-2H3. The molecule has 0 aromatic heterocycles. The van der Waals surface area contributed by atoms with E-state index in [1.165, 1.54) is 12.0 Å². The molecule has 102 valence electrons. The molecule has 0 spiro atoms. The molecule has 0 radical (unpaired) electrons. The quantitative estimate of drug-likeness (QED) is 0.789. The summed E-state index contributed by atoms with van der Waals surface area (Å²) in [6.07, 6.45) is 0.118. The van der Waals surface area contributed by atoms with Crippen LogP contribution < -0.4 is 4.90 Å². The highest BCUT2D eigenvalue weighted by Gasteiger charge is 2.37. The van der Waals surface area contributed by atoms with Crippen molar-refractivity contribution < 1.29 is 14.3 Å². The van der Waals surface area contributed by atoms with Crippen molar-refractivity contribution in [3.63, 3.8) is 0 Å². The summed E-state index contributed by atoms with van der Waals surface area (Å²) in [7, 11) is 1.31. The first-order valence-electron chi connectivity index (χ1n) is 5.78. The van der Waals surface area contributed by atoms with Gasteiger partial charge in [-0.2, -0.15) is 0 Å². The molecular weight excluding hydrogens is 289 g/mol. The van der Waals surface area contributed by atoms with Crippen molar-refractivity contribution in [2.24, 2.45) is 5.92 Å². The highest BCUT2D eigenvalue weighted by Crippen LogP contribution is 2.39. The summed E-state index contributed by atoms with van der Waals surface area (Å²) in [6.45, 7) is 2.08. The fraction of sp³-hybridized carbons (Fsp3) is 0.385. The number of carbonyl (C=O) groups excluding carboxylic acids is 2. The predicted octanol–water partition coefficient (Wildman–Crippen LogP) is 2.83. The first-order valence-corrected chi connectivity index (χ1v) is 6.54. The molecule has 4 nitrogen and oxygen atoms in total. The lowest BCUT2D eigenvalue weighted by Crippen LogP contribution is -2.26. The Kier molecular flexibility index (Phi) is 4.02. The minimum Gasteiger partial charge on any atom is -0.469 e. The monoisotopic (exact) mass is 301 g/mol. The van der Waals surface area contributed by atoms with Gasteiger partial charge in [-0.1, -0.05) is 29.3 Å². The van der Waals surface area contributed by atoms with Gasteiger partial charge in [0.25, 0.3) is 0 Å². The Morgan fingerprint density at radius 3 is 2.74 bits per heavy atom. The van der Waals surface area contributed by atoms with Crippen molar-refractivity contribution in [1.82, 2.24) is 0 Å². The average molecular weight is 302 g/mol. The molecule has 19 heavy (non-hydrogen) atoms. The van der Waals surface area contributed by atoms with Crippen molar-refractivity contribution in [1.29, 1.82) is 0 Å². The van der Waals surface area contributed by atoms with E-state index in [0.717, 1.165) is 5.56 Å². The van der Waals surface area contributed by atoms with E-state index < -0.39 is 11.9 Å². The number of hydrogen-bond donors (Lipinski definition) is 0. The maximum absolute atomic E-state index is 12.0. The van der Waals surface area contributed by atoms with Crippen LogP contribution in [-0.4, -0.2) is 25.5 Å². The summed E-state index contributed by atoms with van der Waals surface area (Å²) in [5, 5.41) is 0.834. The van der Waals surface area contributed by atoms with E-state index in [9.17, 15) is 9.59 Å². The van der Waals surface area contributed by atoms with Gasteiger partial charge in [-0.25, -0.2) is 0 Å². The van der Waals surface area contributed by atoms with Crippen LogP contribution in [0.2, 0.25) is 10.0 Å². The van der Waals surface area contributed by atoms with Crippen molar-refractivity contribution in [2.45, 2.75) is 13.3 Å². The number of esters is 1. The van der Waals surface area contributed by atoms with E-state index in [1.807, 2.05) is 6.92 Å². The Morgan fingerprint density at radius 1 is 1.42 bits per heavy atom. The van der Waals surface area contributed by atoms with Crippen molar-refractivity contribution in [3.05, 3.63) is 27.7 Å². The molecule has 0 saturated carbocycles. The molecule has 1 fully saturated rings. The second kappa shape index (κ2) is 5.39. The van der Waals surface area contributed by atoms with Gasteiger partial charge in [0.1, 0.15) is 0 Å². The van der Waals surface area contributed by atoms with Crippen LogP contribution in [0.3, 0.4) is 0 Å². The van der Waals surface area contributed by atoms with Gasteiger partial charge in [-0.05, 0) is 18.6 Å². The predicted molar refractivity (Wildman–Crippen MR) is 73.7 cm³/mol. The van der Waals surface area contributed by atoms with Crippen molar-refractivity contribution in [2.75, 3.05) is 18.6 Å². The minimum absolute atomic E-state index is 0.118. The molecule has 2 rings (SSSR count). The van der Waals surface area contributed by atoms with Gasteiger partial charge in [0, 0.05) is 13.0 Å². The maximum atomic E-state index is 12.0. The second-order valence-electron chi connectivity index (χ2n) is 4.46. The van der Waals surface area contributed by atoms with Crippen LogP contribution in [-0.2, 0) is 14.3 Å². The molecular formula is C13H13Cl2NO3. The number of rotatable bonds is 2. The van der Waals surface area contributed by atoms with Gasteiger partial charge in [0.2, 0.25) is 5.91 Å². The van der Waals surface area contributed by atoms with Crippen LogP contribution in [0.25, 0.3) is 0 Å². The normalized spacial score (nSPS) is 18.8. The smallest absolute Gasteiger partial charge is 0.311 e. The molecule has 1 saturated heterocycles. The van der Waals surface area contributed by atoms with Crippen LogP contribution in [0.5, 0.6) is 0 Å². The summed E-state index contributed by atoms with van der Waals surface area (Å²) >= 11 is 12.3. The molecule has 1 amide bonds. The average Bonchev–Trinajstić information content (AvgIpc) is 2.76. The fourth-order valence-electron chi connectivity index (χ4n) is 2.14. The second-order valence-corrected chi connectivity index (χ2v) is 5.24. The first kappa shape index (κ1) is 14.2. The van der Waals surface area contributed by atoms with Crippen LogP contribution in [0.4, 0.5) is 5.69 Å². The zero-order valence-corrected chi connectivity index (χ0v) is 12.1. The third-order valence-electron chi connectivity index (χ3n) is 3.19. The largest absolute Gasteiger partial charge is 0.469 e. The Labute approximate surface area is 121 Å². The molecule has 1 aliphatic rings. The molecule has 1 heterocycles. The summed E-state index contributed by atoms with van der Waals surface area (Å²) in [5.74, 6) is -1.04. The Balaban J connectivity index is 2.36. The molecule has 1 aliphatic heterocycles. The number of benzene rings is 1. The van der Waals surface area contributed by atoms with E-state index in [1.54, 1.807) is 12.1 Å². The van der Waals surface area contributed by atoms with Crippen LogP contribution >= 0.6 is 23.2 Å². The Morgan fingerprint density at radius 2 is 2.11 bits per heavy atom. The zero-order valence-electron chi connectivity index (χ0n) is 10.6. The number of carbonyl (C=O) groups is 2. The molecule has 1 atom stereocenters. The van der Waals surface area contributed by atoms with Gasteiger partial charge >= 0.3 is 5.97 Å². The Bertz CT molecular complexity index is 545. The lowest BCUT2D eigenvalue weighted by atomic mass is 10.1. The van der Waals surface area contributed by atoms with E-state index in [2.05, 4.69) is 4.74 Å². The highest BCUT2D eigenvalue weighted by molar-refractivity contribution is 6.40. The number of amides is 1. The molecule has 0 N–H and O–H groups in total. The molecule has 0 bridgehead atoms. The minimum atomic E-state index is -0.467. The lowest BCUT2D eigenvalue weighted by molar-refractivity contribution is -0.145. The number of hydrogen-bond acceptors (Lipinski definition) is 3. The number of methoxy groups -OCH3 is 1. The van der Waals surface area contributed by atoms with E-state index in [-0.39, 0.29) is 18.9 Å². The molecule has 1 aromatic rings. The summed E-state index contributed by atoms with van der Waals surface area (Å²) in [6, 6.07) is 3.48. The van der Waals surface area contributed by atoms with Gasteiger partial charge in [0.05, 0.1) is 28.8 Å². The third-order valence-corrected chi connectivity index (χ3v) is 3.97. The van der Waals surface area contributed by atoms with Gasteiger partial charge in [-0.3, -0.25) is 9.59 Å². The van der Waals surface area contributed by atoms with E-state index >= 15 is 0 Å². The zero-order chi connectivity index (χ0) is 14.2. The van der Waals surface area contributed by atoms with Gasteiger partial charge in [0.15, 0.2) is 0 Å². The van der Waals surface area contributed by atoms with Crippen molar-refractivity contribution in [3.8, 4) is 0 Å². The molecule has 6 heteroatoms. The van der Waals surface area contributed by atoms with Gasteiger partial charge < -0.3 is 9.64 Å². The Hall–Kier alpha value is -1.26. The molecule has 0 aliphatic carbocycles. The number of halogens is 2. The maximum Gasteiger partial charge on any atom is 0.311 e. The summed E-state index contributed by atoms with van der Waals surface area (Å²) < 4.78 is 4.67. The molecule has 1 unspecified atom stereocenters. The summed E-state index contributed by atoms with van der Waals surface area (Å²) in [4.78, 5) is 25.0. The number of ether oxygens (including phenoxy) is 1. The number of nitrogens with zero attached hydrogens (tertiary/aromatic N) is 1. The van der Waals surface area contributed by atoms with Crippen molar-refractivity contribution >= 4 is 40.8 Å². The van der Waals surface area contributed by atoms with Gasteiger partial charge in [-0.15, -0.1) is 0 Å². The van der Waals surface area contributed by atoms with Crippen LogP contribution in [0, 0.1) is 12.8 Å². The first-order chi connectivity index (χ1) is 8.95. The van der Waals surface area contributed by atoms with E-state index in [0.29, 0.717) is 15.7 Å². The fourth-order valence-corrected chi connectivity index (χ4v) is 2.71. The topological polar surface area (TPSA) is 46.6 Å².